The van der Waals surface area contributed by atoms with Gasteiger partial charge in [0.25, 0.3) is 0 Å². The minimum absolute atomic E-state index is 0.101. The van der Waals surface area contributed by atoms with E-state index in [1.165, 1.54) is 30.8 Å². The van der Waals surface area contributed by atoms with Crippen LogP contribution in [0.2, 0.25) is 0 Å². The van der Waals surface area contributed by atoms with Gasteiger partial charge in [-0.2, -0.15) is 4.37 Å². The van der Waals surface area contributed by atoms with E-state index >= 15 is 0 Å². The summed E-state index contributed by atoms with van der Waals surface area (Å²) >= 11 is 1.39. The van der Waals surface area contributed by atoms with E-state index in [1.807, 2.05) is 26.1 Å². The van der Waals surface area contributed by atoms with Crippen molar-refractivity contribution in [1.82, 2.24) is 29.3 Å². The summed E-state index contributed by atoms with van der Waals surface area (Å²) in [5.74, 6) is 1.10. The second-order valence-corrected chi connectivity index (χ2v) is 10.1. The number of hydrogen-bond acceptors (Lipinski definition) is 9. The Labute approximate surface area is 208 Å². The third-order valence-corrected chi connectivity index (χ3v) is 7.73. The molecule has 2 fully saturated rings. The van der Waals surface area contributed by atoms with Crippen molar-refractivity contribution >= 4 is 22.6 Å². The average molecular weight is 498 g/mol. The first kappa shape index (κ1) is 23.7. The molecule has 0 unspecified atom stereocenters. The highest BCUT2D eigenvalue weighted by molar-refractivity contribution is 7.09. The third kappa shape index (κ3) is 5.14. The molecule has 2 atom stereocenters. The van der Waals surface area contributed by atoms with E-state index in [4.69, 9.17) is 9.72 Å². The number of hydrogen-bond donors (Lipinski definition) is 2. The Morgan fingerprint density at radius 1 is 1.23 bits per heavy atom. The predicted molar refractivity (Wildman–Crippen MR) is 131 cm³/mol. The fourth-order valence-corrected chi connectivity index (χ4v) is 5.35. The summed E-state index contributed by atoms with van der Waals surface area (Å²) in [6.45, 7) is 2.55. The van der Waals surface area contributed by atoms with E-state index in [-0.39, 0.29) is 12.0 Å². The number of aromatic nitrogens is 6. The lowest BCUT2D eigenvalue weighted by Gasteiger charge is -2.28. The Morgan fingerprint density at radius 3 is 2.80 bits per heavy atom. The van der Waals surface area contributed by atoms with Crippen molar-refractivity contribution in [3.05, 3.63) is 29.3 Å². The molecule has 186 valence electrons. The highest BCUT2D eigenvalue weighted by atomic mass is 32.1. The summed E-state index contributed by atoms with van der Waals surface area (Å²) < 4.78 is 12.5. The molecule has 10 nitrogen and oxygen atoms in total. The number of ether oxygens (including phenoxy) is 1. The molecule has 2 aliphatic rings. The monoisotopic (exact) mass is 497 g/mol. The van der Waals surface area contributed by atoms with E-state index < -0.39 is 5.97 Å². The Balaban J connectivity index is 1.30. The molecule has 3 aromatic rings. The maximum Gasteiger partial charge on any atom is 0.306 e. The third-order valence-electron chi connectivity index (χ3n) is 7.04. The number of carboxylic acids is 1. The molecular formula is C24H31N7O3S. The van der Waals surface area contributed by atoms with Crippen molar-refractivity contribution in [3.63, 3.8) is 0 Å². The first-order valence-electron chi connectivity index (χ1n) is 12.4. The maximum atomic E-state index is 11.4. The normalized spacial score (nSPS) is 20.4. The van der Waals surface area contributed by atoms with Gasteiger partial charge < -0.3 is 15.2 Å². The molecule has 0 spiro atoms. The molecule has 0 aliphatic heterocycles. The van der Waals surface area contributed by atoms with Gasteiger partial charge in [0.05, 0.1) is 35.6 Å². The lowest BCUT2D eigenvalue weighted by Crippen LogP contribution is -2.29. The van der Waals surface area contributed by atoms with Crippen LogP contribution in [0.15, 0.2) is 12.1 Å². The molecule has 5 rings (SSSR count). The zero-order chi connectivity index (χ0) is 24.4. The van der Waals surface area contributed by atoms with Crippen molar-refractivity contribution in [2.75, 3.05) is 5.32 Å². The number of aryl methyl sites for hydroxylation is 2. The fraction of sp³-hybridized carbons (Fsp3) is 0.583. The molecule has 3 heterocycles. The SMILES string of the molecule is CCc1nc(-c2nnn(C)c2CNc2nc(C3CCC3)ns2)ccc1O[C@H]1CCC[C@H](C(=O)O)C1. The summed E-state index contributed by atoms with van der Waals surface area (Å²) in [6, 6.07) is 3.83. The molecule has 0 saturated heterocycles. The summed E-state index contributed by atoms with van der Waals surface area (Å²) in [5, 5.41) is 22.2. The number of anilines is 1. The first-order valence-corrected chi connectivity index (χ1v) is 13.1. The van der Waals surface area contributed by atoms with E-state index in [9.17, 15) is 9.90 Å². The van der Waals surface area contributed by atoms with Crippen LogP contribution in [0.4, 0.5) is 5.13 Å². The number of nitrogens with zero attached hydrogens (tertiary/aromatic N) is 6. The van der Waals surface area contributed by atoms with Gasteiger partial charge in [-0.3, -0.25) is 4.79 Å². The standard InChI is InChI=1S/C24H31N7O3S/c1-3-17-20(34-16-9-5-8-15(12-16)23(32)33)11-10-18(26-17)21-19(31(2)30-28-21)13-25-24-27-22(29-35-24)14-6-4-7-14/h10-11,14-16H,3-9,12-13H2,1-2H3,(H,32,33)(H,25,27,29)/t15-,16-/m0/s1. The largest absolute Gasteiger partial charge is 0.488 e. The van der Waals surface area contributed by atoms with Crippen molar-refractivity contribution in [2.45, 2.75) is 76.9 Å². The molecule has 0 bridgehead atoms. The van der Waals surface area contributed by atoms with Crippen molar-refractivity contribution in [1.29, 1.82) is 0 Å². The fourth-order valence-electron chi connectivity index (χ4n) is 4.71. The zero-order valence-corrected chi connectivity index (χ0v) is 20.9. The van der Waals surface area contributed by atoms with Crippen molar-refractivity contribution in [3.8, 4) is 17.1 Å². The van der Waals surface area contributed by atoms with Gasteiger partial charge in [0.1, 0.15) is 17.3 Å². The van der Waals surface area contributed by atoms with E-state index in [2.05, 4.69) is 25.0 Å². The minimum Gasteiger partial charge on any atom is -0.488 e. The molecule has 2 N–H and O–H groups in total. The van der Waals surface area contributed by atoms with Crippen molar-refractivity contribution < 1.29 is 14.6 Å². The quantitative estimate of drug-likeness (QED) is 0.447. The molecule has 0 radical (unpaired) electrons. The van der Waals surface area contributed by atoms with Gasteiger partial charge in [-0.05, 0) is 57.1 Å². The van der Waals surface area contributed by atoms with Crippen LogP contribution in [0.3, 0.4) is 0 Å². The van der Waals surface area contributed by atoms with Crippen LogP contribution in [0, 0.1) is 5.92 Å². The van der Waals surface area contributed by atoms with Crippen LogP contribution in [0.1, 0.15) is 75.0 Å². The lowest BCUT2D eigenvalue weighted by atomic mass is 9.85. The van der Waals surface area contributed by atoms with Gasteiger partial charge in [0.15, 0.2) is 0 Å². The van der Waals surface area contributed by atoms with E-state index in [0.717, 1.165) is 47.3 Å². The Kier molecular flexibility index (Phi) is 6.94. The lowest BCUT2D eigenvalue weighted by molar-refractivity contribution is -0.143. The summed E-state index contributed by atoms with van der Waals surface area (Å²) in [5.41, 5.74) is 3.19. The van der Waals surface area contributed by atoms with Crippen LogP contribution < -0.4 is 10.1 Å². The number of carboxylic acid groups (broad SMARTS) is 1. The number of carbonyl (C=O) groups is 1. The van der Waals surface area contributed by atoms with Gasteiger partial charge >= 0.3 is 5.97 Å². The molecule has 35 heavy (non-hydrogen) atoms. The van der Waals surface area contributed by atoms with E-state index in [1.54, 1.807) is 4.68 Å². The van der Waals surface area contributed by atoms with Crippen LogP contribution in [0.5, 0.6) is 5.75 Å². The smallest absolute Gasteiger partial charge is 0.306 e. The van der Waals surface area contributed by atoms with Gasteiger partial charge in [-0.25, -0.2) is 14.6 Å². The molecular weight excluding hydrogens is 466 g/mol. The second kappa shape index (κ2) is 10.3. The highest BCUT2D eigenvalue weighted by Crippen LogP contribution is 2.36. The van der Waals surface area contributed by atoms with Gasteiger partial charge in [-0.1, -0.05) is 18.6 Å². The zero-order valence-electron chi connectivity index (χ0n) is 20.1. The second-order valence-electron chi connectivity index (χ2n) is 9.38. The van der Waals surface area contributed by atoms with Gasteiger partial charge in [-0.15, -0.1) is 5.10 Å². The Hall–Kier alpha value is -3.08. The number of nitrogens with one attached hydrogen (secondary N) is 1. The van der Waals surface area contributed by atoms with Crippen LogP contribution in [-0.4, -0.2) is 46.5 Å². The van der Waals surface area contributed by atoms with Gasteiger partial charge in [0.2, 0.25) is 5.13 Å². The van der Waals surface area contributed by atoms with Crippen LogP contribution in [-0.2, 0) is 24.8 Å². The summed E-state index contributed by atoms with van der Waals surface area (Å²) in [6.07, 6.45) is 7.19. The summed E-state index contributed by atoms with van der Waals surface area (Å²) in [4.78, 5) is 20.9. The Bertz CT molecular complexity index is 1190. The minimum atomic E-state index is -0.737. The summed E-state index contributed by atoms with van der Waals surface area (Å²) in [7, 11) is 1.87. The topological polar surface area (TPSA) is 128 Å². The number of aliphatic carboxylic acids is 1. The number of pyridine rings is 1. The molecule has 11 heteroatoms. The molecule has 0 amide bonds. The molecule has 3 aromatic heterocycles. The first-order chi connectivity index (χ1) is 17.0. The van der Waals surface area contributed by atoms with E-state index in [0.29, 0.717) is 36.7 Å². The van der Waals surface area contributed by atoms with Crippen molar-refractivity contribution in [2.24, 2.45) is 13.0 Å². The molecule has 2 aliphatic carbocycles. The Morgan fingerprint density at radius 2 is 2.06 bits per heavy atom. The average Bonchev–Trinajstić information content (AvgIpc) is 3.43. The predicted octanol–water partition coefficient (Wildman–Crippen LogP) is 4.19. The number of rotatable bonds is 9. The maximum absolute atomic E-state index is 11.4. The highest BCUT2D eigenvalue weighted by Gasteiger charge is 2.29. The van der Waals surface area contributed by atoms with Crippen LogP contribution in [0.25, 0.3) is 11.4 Å². The van der Waals surface area contributed by atoms with Gasteiger partial charge in [0, 0.05) is 24.5 Å². The molecule has 2 saturated carbocycles. The molecule has 0 aromatic carbocycles. The van der Waals surface area contributed by atoms with Crippen LogP contribution >= 0.6 is 11.5 Å².